The van der Waals surface area contributed by atoms with Crippen LogP contribution in [0.15, 0.2) is 30.3 Å². The van der Waals surface area contributed by atoms with Gasteiger partial charge in [-0.2, -0.15) is 0 Å². The Labute approximate surface area is 190 Å². The summed E-state index contributed by atoms with van der Waals surface area (Å²) in [7, 11) is 0. The molecule has 31 heavy (non-hydrogen) atoms. The minimum absolute atomic E-state index is 0.175. The van der Waals surface area contributed by atoms with Gasteiger partial charge in [-0.1, -0.05) is 43.1 Å². The molecule has 0 spiro atoms. The normalized spacial score (nSPS) is 23.2. The number of rotatable bonds is 7. The number of aliphatic carboxylic acids is 1. The third-order valence-corrected chi connectivity index (χ3v) is 7.69. The summed E-state index contributed by atoms with van der Waals surface area (Å²) in [4.78, 5) is 13.5. The van der Waals surface area contributed by atoms with Crippen molar-refractivity contribution in [1.82, 2.24) is 4.90 Å². The third kappa shape index (κ3) is 5.53. The van der Waals surface area contributed by atoms with Gasteiger partial charge in [0.05, 0.1) is 17.0 Å². The molecule has 0 bridgehead atoms. The standard InChI is InChI=1S/C26H34ClNO3/c1-2-18-4-8-22(9-5-18)31-24-10-7-20-6-3-19(17-23(20)25(24)27)11-14-28-15-12-21(13-16-28)26(29)30/h3,6-7,10,17-18,21-22H,2,4-5,8-9,11-16H2,1H3,(H,29,30)/t18-,22+. The van der Waals surface area contributed by atoms with Crippen molar-refractivity contribution in [3.8, 4) is 5.75 Å². The number of halogens is 1. The van der Waals surface area contributed by atoms with E-state index < -0.39 is 5.97 Å². The molecule has 4 rings (SSSR count). The van der Waals surface area contributed by atoms with E-state index >= 15 is 0 Å². The fraction of sp³-hybridized carbons (Fsp3) is 0.577. The Kier molecular flexibility index (Phi) is 7.39. The number of nitrogens with zero attached hydrogens (tertiary/aromatic N) is 1. The Hall–Kier alpha value is -1.78. The van der Waals surface area contributed by atoms with Crippen molar-refractivity contribution < 1.29 is 14.6 Å². The van der Waals surface area contributed by atoms with Gasteiger partial charge in [-0.25, -0.2) is 0 Å². The lowest BCUT2D eigenvalue weighted by Crippen LogP contribution is -2.37. The van der Waals surface area contributed by atoms with E-state index in [0.29, 0.717) is 0 Å². The Bertz CT molecular complexity index is 899. The zero-order chi connectivity index (χ0) is 21.8. The van der Waals surface area contributed by atoms with Gasteiger partial charge in [-0.15, -0.1) is 0 Å². The highest BCUT2D eigenvalue weighted by Gasteiger charge is 2.24. The molecule has 0 amide bonds. The molecule has 0 aromatic heterocycles. The van der Waals surface area contributed by atoms with E-state index in [4.69, 9.17) is 21.4 Å². The van der Waals surface area contributed by atoms with E-state index in [9.17, 15) is 4.79 Å². The van der Waals surface area contributed by atoms with E-state index in [0.717, 1.165) is 79.2 Å². The number of likely N-dealkylation sites (tertiary alicyclic amines) is 1. The van der Waals surface area contributed by atoms with Gasteiger partial charge >= 0.3 is 5.97 Å². The minimum Gasteiger partial charge on any atom is -0.489 e. The van der Waals surface area contributed by atoms with Crippen LogP contribution in [0.1, 0.15) is 57.4 Å². The lowest BCUT2D eigenvalue weighted by Gasteiger charge is -2.30. The molecule has 1 aliphatic heterocycles. The van der Waals surface area contributed by atoms with Gasteiger partial charge in [0.2, 0.25) is 0 Å². The monoisotopic (exact) mass is 443 g/mol. The van der Waals surface area contributed by atoms with Crippen LogP contribution in [0, 0.1) is 11.8 Å². The topological polar surface area (TPSA) is 49.8 Å². The highest BCUT2D eigenvalue weighted by Crippen LogP contribution is 2.36. The zero-order valence-corrected chi connectivity index (χ0v) is 19.2. The highest BCUT2D eigenvalue weighted by molar-refractivity contribution is 6.37. The number of hydrogen-bond acceptors (Lipinski definition) is 3. The van der Waals surface area contributed by atoms with Crippen molar-refractivity contribution in [2.24, 2.45) is 11.8 Å². The van der Waals surface area contributed by atoms with Gasteiger partial charge < -0.3 is 14.7 Å². The number of carbonyl (C=O) groups is 1. The second-order valence-electron chi connectivity index (χ2n) is 9.31. The number of ether oxygens (including phenoxy) is 1. The van der Waals surface area contributed by atoms with Crippen LogP contribution in [0.3, 0.4) is 0 Å². The Morgan fingerprint density at radius 2 is 1.81 bits per heavy atom. The van der Waals surface area contributed by atoms with Crippen LogP contribution in [0.4, 0.5) is 0 Å². The first-order valence-electron chi connectivity index (χ1n) is 11.9. The average Bonchev–Trinajstić information content (AvgIpc) is 2.80. The summed E-state index contributed by atoms with van der Waals surface area (Å²) in [6.45, 7) is 4.96. The molecule has 2 aliphatic rings. The molecular weight excluding hydrogens is 410 g/mol. The first-order chi connectivity index (χ1) is 15.0. The van der Waals surface area contributed by atoms with Crippen LogP contribution >= 0.6 is 11.6 Å². The van der Waals surface area contributed by atoms with Crippen LogP contribution in [0.25, 0.3) is 10.8 Å². The summed E-state index contributed by atoms with van der Waals surface area (Å²) in [6, 6.07) is 10.6. The van der Waals surface area contributed by atoms with Crippen molar-refractivity contribution in [2.75, 3.05) is 19.6 Å². The number of piperidine rings is 1. The molecule has 5 heteroatoms. The maximum Gasteiger partial charge on any atom is 0.306 e. The molecule has 168 valence electrons. The second kappa shape index (κ2) is 10.2. The fourth-order valence-electron chi connectivity index (χ4n) is 5.08. The van der Waals surface area contributed by atoms with Gasteiger partial charge in [0.1, 0.15) is 5.75 Å². The van der Waals surface area contributed by atoms with E-state index in [1.54, 1.807) is 0 Å². The predicted molar refractivity (Wildman–Crippen MR) is 126 cm³/mol. The number of carboxylic acids is 1. The van der Waals surface area contributed by atoms with Crippen LogP contribution in [-0.4, -0.2) is 41.7 Å². The quantitative estimate of drug-likeness (QED) is 0.555. The summed E-state index contributed by atoms with van der Waals surface area (Å²) in [6.07, 6.45) is 8.71. The number of benzene rings is 2. The predicted octanol–water partition coefficient (Wildman–Crippen LogP) is 6.18. The molecule has 1 saturated carbocycles. The smallest absolute Gasteiger partial charge is 0.306 e. The summed E-state index contributed by atoms with van der Waals surface area (Å²) >= 11 is 6.79. The third-order valence-electron chi connectivity index (χ3n) is 7.30. The molecule has 1 aliphatic carbocycles. The summed E-state index contributed by atoms with van der Waals surface area (Å²) in [5.41, 5.74) is 1.26. The molecule has 0 unspecified atom stereocenters. The van der Waals surface area contributed by atoms with Crippen LogP contribution < -0.4 is 4.74 Å². The zero-order valence-electron chi connectivity index (χ0n) is 18.5. The molecule has 1 saturated heterocycles. The highest BCUT2D eigenvalue weighted by atomic mass is 35.5. The number of fused-ring (bicyclic) bond motifs is 1. The molecule has 4 nitrogen and oxygen atoms in total. The lowest BCUT2D eigenvalue weighted by atomic mass is 9.86. The summed E-state index contributed by atoms with van der Waals surface area (Å²) in [5.74, 6) is 0.831. The van der Waals surface area contributed by atoms with E-state index in [1.165, 1.54) is 24.8 Å². The maximum atomic E-state index is 11.1. The van der Waals surface area contributed by atoms with Gasteiger partial charge in [0, 0.05) is 11.9 Å². The van der Waals surface area contributed by atoms with Crippen molar-refractivity contribution in [2.45, 2.75) is 64.4 Å². The second-order valence-corrected chi connectivity index (χ2v) is 9.68. The molecule has 1 heterocycles. The Balaban J connectivity index is 1.39. The maximum absolute atomic E-state index is 11.1. The van der Waals surface area contributed by atoms with Crippen molar-refractivity contribution >= 4 is 28.3 Å². The van der Waals surface area contributed by atoms with Crippen LogP contribution in [0.2, 0.25) is 5.02 Å². The van der Waals surface area contributed by atoms with Crippen molar-refractivity contribution in [3.05, 3.63) is 40.9 Å². The summed E-state index contributed by atoms with van der Waals surface area (Å²) in [5, 5.41) is 12.1. The Morgan fingerprint density at radius 3 is 2.48 bits per heavy atom. The van der Waals surface area contributed by atoms with Crippen molar-refractivity contribution in [3.63, 3.8) is 0 Å². The van der Waals surface area contributed by atoms with Crippen LogP contribution in [0.5, 0.6) is 5.75 Å². The van der Waals surface area contributed by atoms with Crippen molar-refractivity contribution in [1.29, 1.82) is 0 Å². The summed E-state index contributed by atoms with van der Waals surface area (Å²) < 4.78 is 6.32. The minimum atomic E-state index is -0.653. The lowest BCUT2D eigenvalue weighted by molar-refractivity contribution is -0.143. The first-order valence-corrected chi connectivity index (χ1v) is 12.2. The first kappa shape index (κ1) is 22.4. The largest absolute Gasteiger partial charge is 0.489 e. The van der Waals surface area contributed by atoms with Crippen LogP contribution in [-0.2, 0) is 11.2 Å². The molecule has 2 aromatic rings. The fourth-order valence-corrected chi connectivity index (χ4v) is 5.36. The molecule has 2 aromatic carbocycles. The van der Waals surface area contributed by atoms with Gasteiger partial charge in [0.25, 0.3) is 0 Å². The number of hydrogen-bond donors (Lipinski definition) is 1. The molecule has 2 fully saturated rings. The SMILES string of the molecule is CC[C@H]1CC[C@@H](Oc2ccc3ccc(CCN4CCC(C(=O)O)CC4)cc3c2Cl)CC1. The molecule has 0 radical (unpaired) electrons. The average molecular weight is 444 g/mol. The number of carboxylic acid groups (broad SMARTS) is 1. The van der Waals surface area contributed by atoms with E-state index in [1.807, 2.05) is 6.07 Å². The Morgan fingerprint density at radius 1 is 1.10 bits per heavy atom. The van der Waals surface area contributed by atoms with E-state index in [2.05, 4.69) is 36.1 Å². The van der Waals surface area contributed by atoms with Gasteiger partial charge in [0.15, 0.2) is 0 Å². The molecule has 1 N–H and O–H groups in total. The van der Waals surface area contributed by atoms with Gasteiger partial charge in [-0.05, 0) is 87.0 Å². The van der Waals surface area contributed by atoms with E-state index in [-0.39, 0.29) is 12.0 Å². The molecular formula is C26H34ClNO3. The van der Waals surface area contributed by atoms with Gasteiger partial charge in [-0.3, -0.25) is 4.79 Å². The molecule has 0 atom stereocenters.